The summed E-state index contributed by atoms with van der Waals surface area (Å²) in [5, 5.41) is 0. The van der Waals surface area contributed by atoms with Crippen molar-refractivity contribution in [2.24, 2.45) is 0 Å². The van der Waals surface area contributed by atoms with Gasteiger partial charge in [0.1, 0.15) is 0 Å². The summed E-state index contributed by atoms with van der Waals surface area (Å²) in [7, 11) is 0. The van der Waals surface area contributed by atoms with Crippen molar-refractivity contribution in [2.75, 3.05) is 4.93 Å². The van der Waals surface area contributed by atoms with Crippen molar-refractivity contribution in [3.63, 3.8) is 0 Å². The van der Waals surface area contributed by atoms with Crippen LogP contribution in [0, 0.1) is 3.57 Å². The third-order valence-corrected chi connectivity index (χ3v) is 2.92. The van der Waals surface area contributed by atoms with Gasteiger partial charge < -0.3 is 0 Å². The van der Waals surface area contributed by atoms with E-state index in [0.717, 1.165) is 0 Å². The third kappa shape index (κ3) is 1.47. The van der Waals surface area contributed by atoms with Crippen LogP contribution in [0.2, 0.25) is 0 Å². The largest absolute Gasteiger partial charge is 0.118 e. The Hall–Kier alpha value is -0.0500. The van der Waals surface area contributed by atoms with Gasteiger partial charge in [0.2, 0.25) is 0 Å². The van der Waals surface area contributed by atoms with Crippen LogP contribution in [0.1, 0.15) is 0 Å². The number of hydrogen-bond acceptors (Lipinski definition) is 0. The van der Waals surface area contributed by atoms with Crippen LogP contribution in [-0.4, -0.2) is 4.93 Å². The minimum atomic E-state index is 0.309. The van der Waals surface area contributed by atoms with Crippen molar-refractivity contribution in [3.8, 4) is 0 Å². The van der Waals surface area contributed by atoms with Crippen molar-refractivity contribution in [2.45, 2.75) is 0 Å². The van der Waals surface area contributed by atoms with E-state index in [1.54, 1.807) is 0 Å². The highest BCUT2D eigenvalue weighted by Gasteiger charge is 1.80. The second kappa shape index (κ2) is 3.07. The molecule has 1 aromatic carbocycles. The first-order chi connectivity index (χ1) is 3.93. The summed E-state index contributed by atoms with van der Waals surface area (Å²) in [5.74, 6) is 0. The fraction of sp³-hybridized carbons (Fsp3) is 0.143. The predicted octanol–water partition coefficient (Wildman–Crippen LogP) is 2.46. The van der Waals surface area contributed by atoms with E-state index in [-0.39, 0.29) is 0 Å². The highest BCUT2D eigenvalue weighted by Crippen LogP contribution is 2.14. The highest BCUT2D eigenvalue weighted by atomic mass is 127. The van der Waals surface area contributed by atoms with Crippen LogP contribution in [0.15, 0.2) is 30.3 Å². The Morgan fingerprint density at radius 1 is 1.12 bits per heavy atom. The predicted molar refractivity (Wildman–Crippen MR) is 45.1 cm³/mol. The van der Waals surface area contributed by atoms with Crippen molar-refractivity contribution < 1.29 is 0 Å². The molecule has 0 bridgehead atoms. The Kier molecular flexibility index (Phi) is 2.33. The van der Waals surface area contributed by atoms with Crippen LogP contribution in [0.4, 0.5) is 0 Å². The van der Waals surface area contributed by atoms with Crippen LogP contribution in [0.5, 0.6) is 0 Å². The van der Waals surface area contributed by atoms with Gasteiger partial charge in [0.25, 0.3) is 0 Å². The first-order valence-electron chi connectivity index (χ1n) is 2.48. The summed E-state index contributed by atoms with van der Waals surface area (Å²) in [6.07, 6.45) is 0. The molecule has 1 aromatic rings. The average molecular weight is 219 g/mol. The van der Waals surface area contributed by atoms with Gasteiger partial charge in [0.15, 0.2) is 0 Å². The zero-order valence-electron chi connectivity index (χ0n) is 4.76. The van der Waals surface area contributed by atoms with Gasteiger partial charge in [-0.2, -0.15) is 0 Å². The Labute approximate surface area is 60.2 Å². The van der Waals surface area contributed by atoms with Gasteiger partial charge in [0, 0.05) is 3.57 Å². The van der Waals surface area contributed by atoms with Crippen molar-refractivity contribution in [1.29, 1.82) is 0 Å². The maximum Gasteiger partial charge on any atom is 0.00353 e. The molecule has 0 spiro atoms. The topological polar surface area (TPSA) is 0 Å². The fourth-order valence-electron chi connectivity index (χ4n) is 0.541. The maximum atomic E-state index is 2.27. The van der Waals surface area contributed by atoms with Gasteiger partial charge in [-0.05, 0) is 17.1 Å². The van der Waals surface area contributed by atoms with Gasteiger partial charge in [-0.25, -0.2) is 0 Å². The van der Waals surface area contributed by atoms with E-state index in [9.17, 15) is 0 Å². The number of rotatable bonds is 1. The van der Waals surface area contributed by atoms with Gasteiger partial charge in [-0.15, -0.1) is 21.2 Å². The van der Waals surface area contributed by atoms with E-state index in [1.807, 2.05) is 0 Å². The van der Waals surface area contributed by atoms with Gasteiger partial charge in [-0.3, -0.25) is 0 Å². The number of benzene rings is 1. The second-order valence-electron chi connectivity index (χ2n) is 1.48. The molecular formula is C7H8I. The van der Waals surface area contributed by atoms with Gasteiger partial charge in [0.05, 0.1) is 0 Å². The maximum absolute atomic E-state index is 2.27. The Morgan fingerprint density at radius 3 is 2.12 bits per heavy atom. The summed E-state index contributed by atoms with van der Waals surface area (Å²) >= 11 is 0.309. The van der Waals surface area contributed by atoms with Crippen LogP contribution in [-0.2, 0) is 0 Å². The molecule has 0 heterocycles. The zero-order valence-corrected chi connectivity index (χ0v) is 6.92. The molecule has 0 saturated carbocycles. The molecule has 0 aliphatic carbocycles. The van der Waals surface area contributed by atoms with Crippen LogP contribution in [0.25, 0.3) is 0 Å². The van der Waals surface area contributed by atoms with Gasteiger partial charge >= 0.3 is 0 Å². The fourth-order valence-corrected chi connectivity index (χ4v) is 1.68. The summed E-state index contributed by atoms with van der Waals surface area (Å²) in [6, 6.07) is 10.6. The quantitative estimate of drug-likeness (QED) is 0.502. The van der Waals surface area contributed by atoms with Crippen molar-refractivity contribution >= 4 is 21.2 Å². The van der Waals surface area contributed by atoms with E-state index in [1.165, 1.54) is 3.57 Å². The molecule has 0 unspecified atom stereocenters. The first-order valence-corrected chi connectivity index (χ1v) is 5.71. The SMILES string of the molecule is C[I]c1ccccc1. The summed E-state index contributed by atoms with van der Waals surface area (Å²) in [4.78, 5) is 2.27. The van der Waals surface area contributed by atoms with E-state index < -0.39 is 0 Å². The molecule has 0 fully saturated rings. The molecule has 0 nitrogen and oxygen atoms in total. The minimum absolute atomic E-state index is 0.309. The lowest BCUT2D eigenvalue weighted by Gasteiger charge is -1.89. The van der Waals surface area contributed by atoms with E-state index in [4.69, 9.17) is 0 Å². The molecule has 0 N–H and O–H groups in total. The molecule has 43 valence electrons. The molecule has 0 aliphatic heterocycles. The molecular weight excluding hydrogens is 211 g/mol. The Morgan fingerprint density at radius 2 is 1.75 bits per heavy atom. The van der Waals surface area contributed by atoms with Crippen molar-refractivity contribution in [1.82, 2.24) is 0 Å². The van der Waals surface area contributed by atoms with E-state index in [2.05, 4.69) is 35.3 Å². The second-order valence-corrected chi connectivity index (χ2v) is 3.81. The van der Waals surface area contributed by atoms with Crippen molar-refractivity contribution in [3.05, 3.63) is 33.9 Å². The van der Waals surface area contributed by atoms with Crippen LogP contribution < -0.4 is 0 Å². The molecule has 1 rings (SSSR count). The number of halogens is 1. The standard InChI is InChI=1S/C7H8I/c1-8-7-5-3-2-4-6-7/h2-6H,1H3. The highest BCUT2D eigenvalue weighted by molar-refractivity contribution is 14.2. The smallest absolute Gasteiger partial charge is 0.00353 e. The third-order valence-electron chi connectivity index (χ3n) is 0.951. The summed E-state index contributed by atoms with van der Waals surface area (Å²) in [5.41, 5.74) is 0. The monoisotopic (exact) mass is 219 g/mol. The molecule has 0 atom stereocenters. The Bertz CT molecular complexity index is 146. The molecule has 0 aromatic heterocycles. The molecule has 1 heteroatoms. The normalized spacial score (nSPS) is 9.12. The number of alkyl halides is 1. The lowest BCUT2D eigenvalue weighted by atomic mass is 10.4. The summed E-state index contributed by atoms with van der Waals surface area (Å²) in [6.45, 7) is 0. The first kappa shape index (κ1) is 6.08. The Balaban J connectivity index is 2.83. The average Bonchev–Trinajstić information content (AvgIpc) is 1.90. The molecule has 8 heavy (non-hydrogen) atoms. The lowest BCUT2D eigenvalue weighted by molar-refractivity contribution is 1.65. The zero-order chi connectivity index (χ0) is 5.82. The molecule has 0 amide bonds. The van der Waals surface area contributed by atoms with Crippen LogP contribution in [0.3, 0.4) is 0 Å². The molecule has 0 saturated heterocycles. The molecule has 1 radical (unpaired) electrons. The minimum Gasteiger partial charge on any atom is -0.118 e. The summed E-state index contributed by atoms with van der Waals surface area (Å²) < 4.78 is 1.52. The molecule has 0 aliphatic rings. The van der Waals surface area contributed by atoms with Crippen LogP contribution >= 0.6 is 21.2 Å². The number of hydrogen-bond donors (Lipinski definition) is 0. The van der Waals surface area contributed by atoms with E-state index in [0.29, 0.717) is 21.2 Å². The van der Waals surface area contributed by atoms with Gasteiger partial charge in [-0.1, -0.05) is 18.2 Å². The van der Waals surface area contributed by atoms with E-state index >= 15 is 0 Å². The lowest BCUT2D eigenvalue weighted by Crippen LogP contribution is -1.65.